The molecular weight excluding hydrogens is 222 g/mol. The summed E-state index contributed by atoms with van der Waals surface area (Å²) in [5.41, 5.74) is 6.30. The SMILES string of the molecule is COC(=O)C(N)C(=O)COCc1ccccc1. The molecule has 1 unspecified atom stereocenters. The van der Waals surface area contributed by atoms with Gasteiger partial charge in [0.1, 0.15) is 6.61 Å². The second kappa shape index (κ2) is 6.78. The summed E-state index contributed by atoms with van der Waals surface area (Å²) >= 11 is 0. The number of hydrogen-bond acceptors (Lipinski definition) is 5. The topological polar surface area (TPSA) is 78.6 Å². The highest BCUT2D eigenvalue weighted by Gasteiger charge is 2.22. The van der Waals surface area contributed by atoms with Gasteiger partial charge < -0.3 is 15.2 Å². The third kappa shape index (κ3) is 4.34. The van der Waals surface area contributed by atoms with Crippen LogP contribution in [0.4, 0.5) is 0 Å². The van der Waals surface area contributed by atoms with Crippen molar-refractivity contribution in [1.29, 1.82) is 0 Å². The monoisotopic (exact) mass is 237 g/mol. The van der Waals surface area contributed by atoms with E-state index in [4.69, 9.17) is 10.5 Å². The zero-order chi connectivity index (χ0) is 12.7. The van der Waals surface area contributed by atoms with Crippen molar-refractivity contribution in [2.75, 3.05) is 13.7 Å². The van der Waals surface area contributed by atoms with Gasteiger partial charge in [0.2, 0.25) is 0 Å². The van der Waals surface area contributed by atoms with Crippen LogP contribution < -0.4 is 5.73 Å². The predicted octanol–water partition coefficient (Wildman–Crippen LogP) is 0.273. The Bertz CT molecular complexity index is 377. The second-order valence-corrected chi connectivity index (χ2v) is 3.45. The van der Waals surface area contributed by atoms with Crippen LogP contribution in [0.15, 0.2) is 30.3 Å². The fraction of sp³-hybridized carbons (Fsp3) is 0.333. The van der Waals surface area contributed by atoms with Crippen molar-refractivity contribution in [2.24, 2.45) is 5.73 Å². The number of rotatable bonds is 6. The first-order valence-corrected chi connectivity index (χ1v) is 5.13. The molecule has 17 heavy (non-hydrogen) atoms. The number of Topliss-reactive ketones (excluding diaryl/α,β-unsaturated/α-hetero) is 1. The first-order chi connectivity index (χ1) is 8.15. The van der Waals surface area contributed by atoms with E-state index in [0.717, 1.165) is 5.56 Å². The molecule has 0 aliphatic carbocycles. The molecule has 0 heterocycles. The largest absolute Gasteiger partial charge is 0.468 e. The molecule has 0 aromatic heterocycles. The number of methoxy groups -OCH3 is 1. The first-order valence-electron chi connectivity index (χ1n) is 5.13. The van der Waals surface area contributed by atoms with E-state index in [1.807, 2.05) is 30.3 Å². The molecule has 5 heteroatoms. The minimum absolute atomic E-state index is 0.203. The van der Waals surface area contributed by atoms with Crippen LogP contribution in [0.1, 0.15) is 5.56 Å². The Balaban J connectivity index is 2.32. The number of hydrogen-bond donors (Lipinski definition) is 1. The van der Waals surface area contributed by atoms with Gasteiger partial charge in [0, 0.05) is 0 Å². The quantitative estimate of drug-likeness (QED) is 0.567. The Kier molecular flexibility index (Phi) is 5.32. The van der Waals surface area contributed by atoms with Gasteiger partial charge in [-0.25, -0.2) is 4.79 Å². The highest BCUT2D eigenvalue weighted by Crippen LogP contribution is 2.00. The number of ether oxygens (including phenoxy) is 2. The molecule has 1 aromatic carbocycles. The summed E-state index contributed by atoms with van der Waals surface area (Å²) in [5.74, 6) is -1.24. The maximum Gasteiger partial charge on any atom is 0.330 e. The number of nitrogens with two attached hydrogens (primary N) is 1. The van der Waals surface area contributed by atoms with Crippen LogP contribution in [0.3, 0.4) is 0 Å². The highest BCUT2D eigenvalue weighted by molar-refractivity contribution is 6.03. The molecule has 0 fully saturated rings. The molecule has 1 rings (SSSR count). The van der Waals surface area contributed by atoms with Gasteiger partial charge in [-0.2, -0.15) is 0 Å². The van der Waals surface area contributed by atoms with Crippen LogP contribution >= 0.6 is 0 Å². The number of benzene rings is 1. The van der Waals surface area contributed by atoms with E-state index in [1.165, 1.54) is 7.11 Å². The molecule has 92 valence electrons. The molecule has 0 bridgehead atoms. The fourth-order valence-electron chi connectivity index (χ4n) is 1.19. The van der Waals surface area contributed by atoms with E-state index in [-0.39, 0.29) is 6.61 Å². The Labute approximate surface area is 99.5 Å². The normalized spacial score (nSPS) is 11.9. The van der Waals surface area contributed by atoms with Crippen LogP contribution in [0.5, 0.6) is 0 Å². The van der Waals surface area contributed by atoms with Gasteiger partial charge in [-0.05, 0) is 5.56 Å². The molecule has 1 atom stereocenters. The first kappa shape index (κ1) is 13.3. The van der Waals surface area contributed by atoms with Crippen molar-refractivity contribution >= 4 is 11.8 Å². The number of ketones is 1. The van der Waals surface area contributed by atoms with E-state index in [1.54, 1.807) is 0 Å². The van der Waals surface area contributed by atoms with Crippen LogP contribution in [0, 0.1) is 0 Å². The summed E-state index contributed by atoms with van der Waals surface area (Å²) in [5, 5.41) is 0. The summed E-state index contributed by atoms with van der Waals surface area (Å²) in [7, 11) is 1.18. The highest BCUT2D eigenvalue weighted by atomic mass is 16.5. The van der Waals surface area contributed by atoms with Crippen LogP contribution in [-0.4, -0.2) is 31.5 Å². The fourth-order valence-corrected chi connectivity index (χ4v) is 1.19. The molecular formula is C12H15NO4. The zero-order valence-corrected chi connectivity index (χ0v) is 9.59. The molecule has 2 N–H and O–H groups in total. The Hall–Kier alpha value is -1.72. The Morgan fingerprint density at radius 1 is 1.29 bits per heavy atom. The van der Waals surface area contributed by atoms with Gasteiger partial charge in [-0.1, -0.05) is 30.3 Å². The van der Waals surface area contributed by atoms with Crippen LogP contribution in [-0.2, 0) is 25.7 Å². The van der Waals surface area contributed by atoms with Crippen molar-refractivity contribution < 1.29 is 19.1 Å². The average molecular weight is 237 g/mol. The molecule has 0 radical (unpaired) electrons. The lowest BCUT2D eigenvalue weighted by Gasteiger charge is -2.08. The molecule has 5 nitrogen and oxygen atoms in total. The standard InChI is InChI=1S/C12H15NO4/c1-16-12(15)11(13)10(14)8-17-7-9-5-3-2-4-6-9/h2-6,11H,7-8,13H2,1H3. The van der Waals surface area contributed by atoms with Crippen LogP contribution in [0.2, 0.25) is 0 Å². The third-order valence-electron chi connectivity index (χ3n) is 2.16. The Morgan fingerprint density at radius 2 is 1.94 bits per heavy atom. The molecule has 0 saturated carbocycles. The minimum Gasteiger partial charge on any atom is -0.468 e. The minimum atomic E-state index is -1.27. The molecule has 0 saturated heterocycles. The van der Waals surface area contributed by atoms with E-state index in [0.29, 0.717) is 6.61 Å². The van der Waals surface area contributed by atoms with Crippen molar-refractivity contribution in [1.82, 2.24) is 0 Å². The average Bonchev–Trinajstić information content (AvgIpc) is 2.38. The van der Waals surface area contributed by atoms with Crippen molar-refractivity contribution in [3.8, 4) is 0 Å². The van der Waals surface area contributed by atoms with E-state index in [2.05, 4.69) is 4.74 Å². The Morgan fingerprint density at radius 3 is 2.53 bits per heavy atom. The van der Waals surface area contributed by atoms with Gasteiger partial charge >= 0.3 is 5.97 Å². The lowest BCUT2D eigenvalue weighted by atomic mass is 10.2. The molecule has 0 aliphatic heterocycles. The van der Waals surface area contributed by atoms with Gasteiger partial charge in [0.15, 0.2) is 11.8 Å². The lowest BCUT2D eigenvalue weighted by molar-refractivity contribution is -0.146. The lowest BCUT2D eigenvalue weighted by Crippen LogP contribution is -2.41. The maximum absolute atomic E-state index is 11.4. The summed E-state index contributed by atoms with van der Waals surface area (Å²) in [4.78, 5) is 22.3. The van der Waals surface area contributed by atoms with Crippen molar-refractivity contribution in [3.63, 3.8) is 0 Å². The van der Waals surface area contributed by atoms with Crippen LogP contribution in [0.25, 0.3) is 0 Å². The zero-order valence-electron chi connectivity index (χ0n) is 9.59. The van der Waals surface area contributed by atoms with E-state index >= 15 is 0 Å². The summed E-state index contributed by atoms with van der Waals surface area (Å²) in [6, 6.07) is 8.13. The van der Waals surface area contributed by atoms with E-state index in [9.17, 15) is 9.59 Å². The summed E-state index contributed by atoms with van der Waals surface area (Å²) in [6.45, 7) is 0.103. The van der Waals surface area contributed by atoms with Gasteiger partial charge in [0.05, 0.1) is 13.7 Å². The second-order valence-electron chi connectivity index (χ2n) is 3.45. The summed E-state index contributed by atoms with van der Waals surface area (Å²) in [6.07, 6.45) is 0. The maximum atomic E-state index is 11.4. The predicted molar refractivity (Wildman–Crippen MR) is 61.1 cm³/mol. The van der Waals surface area contributed by atoms with Crippen molar-refractivity contribution in [2.45, 2.75) is 12.6 Å². The number of esters is 1. The third-order valence-corrected chi connectivity index (χ3v) is 2.16. The van der Waals surface area contributed by atoms with Gasteiger partial charge in [0.25, 0.3) is 0 Å². The smallest absolute Gasteiger partial charge is 0.330 e. The van der Waals surface area contributed by atoms with Gasteiger partial charge in [-0.15, -0.1) is 0 Å². The molecule has 0 aliphatic rings. The van der Waals surface area contributed by atoms with Crippen molar-refractivity contribution in [3.05, 3.63) is 35.9 Å². The summed E-state index contributed by atoms with van der Waals surface area (Å²) < 4.78 is 9.52. The van der Waals surface area contributed by atoms with Gasteiger partial charge in [-0.3, -0.25) is 4.79 Å². The number of carbonyl (C=O) groups is 2. The molecule has 0 amide bonds. The van der Waals surface area contributed by atoms with E-state index < -0.39 is 17.8 Å². The molecule has 1 aromatic rings. The molecule has 0 spiro atoms. The number of carbonyl (C=O) groups excluding carboxylic acids is 2.